The third-order valence-corrected chi connectivity index (χ3v) is 25.7. The van der Waals surface area contributed by atoms with Gasteiger partial charge in [0.1, 0.15) is 0 Å². The SMILES string of the molecule is CCCCOc1ccc(Sc2cc[c]([Sn]([CH2]CCC)([CH2]CCC)[CH2]CCC)cc2S(=O)(=O)Oc2ccccc2)cc1. The summed E-state index contributed by atoms with van der Waals surface area (Å²) >= 11 is -1.41. The quantitative estimate of drug-likeness (QED) is 0.0707. The van der Waals surface area contributed by atoms with Crippen molar-refractivity contribution in [2.45, 2.75) is 107 Å². The molecule has 0 unspecified atom stereocenters. The number of ether oxygens (including phenoxy) is 1. The van der Waals surface area contributed by atoms with Crippen molar-refractivity contribution in [2.24, 2.45) is 0 Å². The van der Waals surface area contributed by atoms with Crippen LogP contribution in [0.25, 0.3) is 0 Å². The molecule has 3 aromatic rings. The Morgan fingerprint density at radius 1 is 0.683 bits per heavy atom. The maximum atomic E-state index is 13.9. The molecule has 224 valence electrons. The number of hydrogen-bond acceptors (Lipinski definition) is 5. The van der Waals surface area contributed by atoms with Crippen molar-refractivity contribution in [1.29, 1.82) is 0 Å². The number of unbranched alkanes of at least 4 members (excludes halogenated alkanes) is 4. The van der Waals surface area contributed by atoms with Crippen molar-refractivity contribution >= 4 is 43.8 Å². The molecule has 0 amide bonds. The minimum atomic E-state index is -4.04. The van der Waals surface area contributed by atoms with Gasteiger partial charge in [-0.2, -0.15) is 0 Å². The summed E-state index contributed by atoms with van der Waals surface area (Å²) in [7, 11) is -4.04. The van der Waals surface area contributed by atoms with Crippen LogP contribution in [-0.2, 0) is 10.1 Å². The molecule has 3 rings (SSSR count). The topological polar surface area (TPSA) is 52.6 Å². The normalized spacial score (nSPS) is 11.9. The van der Waals surface area contributed by atoms with E-state index in [9.17, 15) is 8.42 Å². The third kappa shape index (κ3) is 10.2. The zero-order chi connectivity index (χ0) is 29.6. The molecule has 0 bridgehead atoms. The first-order chi connectivity index (χ1) is 19.9. The zero-order valence-corrected chi connectivity index (χ0v) is 29.9. The second-order valence-electron chi connectivity index (χ2n) is 10.9. The van der Waals surface area contributed by atoms with Crippen molar-refractivity contribution in [3.05, 3.63) is 72.8 Å². The van der Waals surface area contributed by atoms with E-state index in [4.69, 9.17) is 8.92 Å². The summed E-state index contributed by atoms with van der Waals surface area (Å²) in [5.41, 5.74) is 0. The van der Waals surface area contributed by atoms with Gasteiger partial charge in [-0.05, 0) is 0 Å². The van der Waals surface area contributed by atoms with Crippen LogP contribution in [0.2, 0.25) is 13.3 Å². The Morgan fingerprint density at radius 2 is 1.27 bits per heavy atom. The summed E-state index contributed by atoms with van der Waals surface area (Å²) in [5, 5.41) is 0. The maximum absolute atomic E-state index is 13.9. The second kappa shape index (κ2) is 17.5. The van der Waals surface area contributed by atoms with Crippen LogP contribution in [0.3, 0.4) is 0 Å². The van der Waals surface area contributed by atoms with Crippen molar-refractivity contribution in [3.63, 3.8) is 0 Å². The summed E-state index contributed by atoms with van der Waals surface area (Å²) in [6, 6.07) is 23.1. The molecule has 0 atom stereocenters. The molecule has 0 aliphatic rings. The summed E-state index contributed by atoms with van der Waals surface area (Å²) in [6.45, 7) is 9.64. The number of rotatable bonds is 19. The Morgan fingerprint density at radius 3 is 1.83 bits per heavy atom. The van der Waals surface area contributed by atoms with Crippen LogP contribution >= 0.6 is 11.8 Å². The molecule has 0 aliphatic carbocycles. The van der Waals surface area contributed by atoms with Crippen LogP contribution in [0, 0.1) is 0 Å². The molecule has 0 aliphatic heterocycles. The molecule has 41 heavy (non-hydrogen) atoms. The van der Waals surface area contributed by atoms with E-state index in [1.165, 1.54) is 67.2 Å². The Hall–Kier alpha value is -1.64. The van der Waals surface area contributed by atoms with Gasteiger partial charge in [0.25, 0.3) is 0 Å². The van der Waals surface area contributed by atoms with Crippen molar-refractivity contribution in [2.75, 3.05) is 6.61 Å². The Bertz CT molecular complexity index is 1260. The van der Waals surface area contributed by atoms with Gasteiger partial charge in [-0.1, -0.05) is 13.3 Å². The predicted octanol–water partition coefficient (Wildman–Crippen LogP) is 9.84. The zero-order valence-electron chi connectivity index (χ0n) is 25.4. The molecule has 7 heteroatoms. The first kappa shape index (κ1) is 33.9. The third-order valence-electron chi connectivity index (χ3n) is 7.62. The van der Waals surface area contributed by atoms with Gasteiger partial charge in [-0.15, -0.1) is 0 Å². The molecule has 0 spiro atoms. The van der Waals surface area contributed by atoms with Crippen molar-refractivity contribution in [3.8, 4) is 11.5 Å². The summed E-state index contributed by atoms with van der Waals surface area (Å²) in [4.78, 5) is 1.96. The molecule has 0 saturated carbocycles. The van der Waals surface area contributed by atoms with Gasteiger partial charge < -0.3 is 0 Å². The summed E-state index contributed by atoms with van der Waals surface area (Å²) in [5.74, 6) is 1.17. The summed E-state index contributed by atoms with van der Waals surface area (Å²) in [6.07, 6.45) is 9.28. The predicted molar refractivity (Wildman–Crippen MR) is 176 cm³/mol. The molecule has 0 heterocycles. The average molecular weight is 704 g/mol. The number of benzene rings is 3. The van der Waals surface area contributed by atoms with E-state index < -0.39 is 28.5 Å². The Kier molecular flexibility index (Phi) is 14.4. The van der Waals surface area contributed by atoms with E-state index in [1.807, 2.05) is 42.5 Å². The van der Waals surface area contributed by atoms with Crippen LogP contribution in [0.15, 0.2) is 87.5 Å². The Labute approximate surface area is 257 Å². The standard InChI is InChI=1S/C22H21O4S2.3C4H9.Sn/c1-2-3-17-25-18-13-15-20(16-14-18)27-21-11-7-8-12-22(21)28(23,24)26-19-9-5-4-6-10-19;3*1-3-4-2;/h4-7,9-16H,2-3,17H2,1H3;3*1,3-4H2,2H3;. The van der Waals surface area contributed by atoms with Crippen LogP contribution in [0.5, 0.6) is 11.5 Å². The summed E-state index contributed by atoms with van der Waals surface area (Å²) < 4.78 is 44.5. The van der Waals surface area contributed by atoms with Gasteiger partial charge in [0.05, 0.1) is 0 Å². The van der Waals surface area contributed by atoms with E-state index in [2.05, 4.69) is 33.8 Å². The van der Waals surface area contributed by atoms with Gasteiger partial charge in [0.2, 0.25) is 0 Å². The number of hydrogen-bond donors (Lipinski definition) is 0. The van der Waals surface area contributed by atoms with Gasteiger partial charge in [0, 0.05) is 0 Å². The number of para-hydroxylation sites is 1. The molecular weight excluding hydrogens is 655 g/mol. The molecule has 0 radical (unpaired) electrons. The van der Waals surface area contributed by atoms with E-state index in [0.717, 1.165) is 23.5 Å². The average Bonchev–Trinajstić information content (AvgIpc) is 2.98. The fourth-order valence-electron chi connectivity index (χ4n) is 5.18. The molecule has 0 saturated heterocycles. The molecule has 3 aromatic carbocycles. The van der Waals surface area contributed by atoms with Gasteiger partial charge in [-0.25, -0.2) is 0 Å². The van der Waals surface area contributed by atoms with Crippen LogP contribution in [0.4, 0.5) is 0 Å². The van der Waals surface area contributed by atoms with E-state index in [-0.39, 0.29) is 4.90 Å². The van der Waals surface area contributed by atoms with Crippen LogP contribution in [-0.4, -0.2) is 33.4 Å². The van der Waals surface area contributed by atoms with Gasteiger partial charge in [0.15, 0.2) is 0 Å². The fourth-order valence-corrected chi connectivity index (χ4v) is 23.7. The van der Waals surface area contributed by atoms with Gasteiger partial charge in [-0.3, -0.25) is 0 Å². The van der Waals surface area contributed by atoms with E-state index in [0.29, 0.717) is 17.3 Å². The molecule has 4 nitrogen and oxygen atoms in total. The van der Waals surface area contributed by atoms with Gasteiger partial charge >= 0.3 is 246 Å². The van der Waals surface area contributed by atoms with E-state index >= 15 is 0 Å². The molecule has 0 N–H and O–H groups in total. The first-order valence-corrected chi connectivity index (χ1v) is 25.1. The minimum absolute atomic E-state index is 0.290. The monoisotopic (exact) mass is 704 g/mol. The molecule has 0 aromatic heterocycles. The molecule has 0 fully saturated rings. The second-order valence-corrected chi connectivity index (χ2v) is 26.7. The van der Waals surface area contributed by atoms with E-state index in [1.54, 1.807) is 24.3 Å². The molecular formula is C34H48O4S2Sn. The first-order valence-electron chi connectivity index (χ1n) is 15.4. The van der Waals surface area contributed by atoms with Crippen molar-refractivity contribution in [1.82, 2.24) is 0 Å². The van der Waals surface area contributed by atoms with Crippen molar-refractivity contribution < 1.29 is 17.3 Å². The fraction of sp³-hybridized carbons (Fsp3) is 0.471. The van der Waals surface area contributed by atoms with Crippen LogP contribution < -0.4 is 12.5 Å². The Balaban J connectivity index is 2.06. The van der Waals surface area contributed by atoms with Crippen LogP contribution in [0.1, 0.15) is 79.1 Å².